The highest BCUT2D eigenvalue weighted by Gasteiger charge is 2.42. The molecule has 0 spiro atoms. The standard InChI is InChI=1S/C15H27NO3/c1-6-12-8-7-11(4)16(12)13(17)9-15(5,10(2)3)14(18)19/h10-12H,6-9H2,1-5H3,(H,18,19). The molecule has 1 rings (SSSR count). The summed E-state index contributed by atoms with van der Waals surface area (Å²) in [5.41, 5.74) is -0.975. The minimum absolute atomic E-state index is 0.00421. The fourth-order valence-electron chi connectivity index (χ4n) is 2.85. The van der Waals surface area contributed by atoms with Crippen molar-refractivity contribution in [2.75, 3.05) is 0 Å². The Labute approximate surface area is 116 Å². The minimum atomic E-state index is -0.975. The van der Waals surface area contributed by atoms with E-state index in [-0.39, 0.29) is 30.3 Å². The van der Waals surface area contributed by atoms with Crippen LogP contribution in [0.3, 0.4) is 0 Å². The van der Waals surface area contributed by atoms with Crippen molar-refractivity contribution < 1.29 is 14.7 Å². The van der Waals surface area contributed by atoms with Gasteiger partial charge in [-0.1, -0.05) is 20.8 Å². The summed E-state index contributed by atoms with van der Waals surface area (Å²) < 4.78 is 0. The Morgan fingerprint density at radius 2 is 1.95 bits per heavy atom. The monoisotopic (exact) mass is 269 g/mol. The van der Waals surface area contributed by atoms with Crippen LogP contribution in [0.15, 0.2) is 0 Å². The predicted octanol–water partition coefficient (Wildman–Crippen LogP) is 2.91. The number of hydrogen-bond acceptors (Lipinski definition) is 2. The Morgan fingerprint density at radius 1 is 1.37 bits per heavy atom. The van der Waals surface area contributed by atoms with Gasteiger partial charge in [-0.2, -0.15) is 0 Å². The van der Waals surface area contributed by atoms with Gasteiger partial charge in [0.25, 0.3) is 0 Å². The smallest absolute Gasteiger partial charge is 0.310 e. The van der Waals surface area contributed by atoms with Crippen molar-refractivity contribution in [1.82, 2.24) is 4.90 Å². The number of carbonyl (C=O) groups is 2. The van der Waals surface area contributed by atoms with Crippen molar-refractivity contribution in [3.63, 3.8) is 0 Å². The Kier molecular flexibility index (Phi) is 4.99. The first kappa shape index (κ1) is 16.0. The van der Waals surface area contributed by atoms with Crippen LogP contribution in [0.1, 0.15) is 60.3 Å². The van der Waals surface area contributed by atoms with E-state index in [1.165, 1.54) is 0 Å². The molecule has 0 bridgehead atoms. The molecule has 1 saturated heterocycles. The molecule has 1 fully saturated rings. The van der Waals surface area contributed by atoms with Crippen molar-refractivity contribution in [2.24, 2.45) is 11.3 Å². The zero-order valence-corrected chi connectivity index (χ0v) is 12.8. The second-order valence-electron chi connectivity index (χ2n) is 6.34. The highest BCUT2D eigenvalue weighted by atomic mass is 16.4. The number of aliphatic carboxylic acids is 1. The third kappa shape index (κ3) is 3.10. The van der Waals surface area contributed by atoms with Crippen LogP contribution in [0, 0.1) is 11.3 Å². The van der Waals surface area contributed by atoms with E-state index in [0.29, 0.717) is 0 Å². The Balaban J connectivity index is 2.86. The average Bonchev–Trinajstić information content (AvgIpc) is 2.69. The molecule has 1 heterocycles. The zero-order valence-electron chi connectivity index (χ0n) is 12.8. The number of likely N-dealkylation sites (tertiary alicyclic amines) is 1. The highest BCUT2D eigenvalue weighted by Crippen LogP contribution is 2.35. The van der Waals surface area contributed by atoms with Crippen molar-refractivity contribution in [3.05, 3.63) is 0 Å². The van der Waals surface area contributed by atoms with Crippen LogP contribution < -0.4 is 0 Å². The van der Waals surface area contributed by atoms with E-state index in [9.17, 15) is 14.7 Å². The summed E-state index contributed by atoms with van der Waals surface area (Å²) in [5.74, 6) is -0.946. The van der Waals surface area contributed by atoms with Crippen molar-refractivity contribution >= 4 is 11.9 Å². The molecular weight excluding hydrogens is 242 g/mol. The fourth-order valence-corrected chi connectivity index (χ4v) is 2.85. The number of amides is 1. The molecular formula is C15H27NO3. The topological polar surface area (TPSA) is 57.6 Å². The summed E-state index contributed by atoms with van der Waals surface area (Å²) in [6.07, 6.45) is 3.10. The van der Waals surface area contributed by atoms with Crippen LogP contribution in [0.25, 0.3) is 0 Å². The predicted molar refractivity (Wildman–Crippen MR) is 74.8 cm³/mol. The molecule has 1 aliphatic rings. The molecule has 4 nitrogen and oxygen atoms in total. The van der Waals surface area contributed by atoms with Gasteiger partial charge in [0.15, 0.2) is 0 Å². The maximum atomic E-state index is 12.5. The van der Waals surface area contributed by atoms with E-state index >= 15 is 0 Å². The molecule has 3 atom stereocenters. The lowest BCUT2D eigenvalue weighted by atomic mass is 9.76. The molecule has 1 aliphatic heterocycles. The third-order valence-electron chi connectivity index (χ3n) is 4.83. The first-order valence-corrected chi connectivity index (χ1v) is 7.28. The number of rotatable bonds is 5. The average molecular weight is 269 g/mol. The second kappa shape index (κ2) is 5.93. The van der Waals surface area contributed by atoms with E-state index in [0.717, 1.165) is 19.3 Å². The van der Waals surface area contributed by atoms with E-state index < -0.39 is 11.4 Å². The quantitative estimate of drug-likeness (QED) is 0.835. The van der Waals surface area contributed by atoms with Gasteiger partial charge in [0.2, 0.25) is 5.91 Å². The van der Waals surface area contributed by atoms with Gasteiger partial charge in [0.05, 0.1) is 5.41 Å². The molecule has 1 amide bonds. The number of hydrogen-bond donors (Lipinski definition) is 1. The van der Waals surface area contributed by atoms with Crippen LogP contribution in [0.4, 0.5) is 0 Å². The molecule has 0 aromatic rings. The number of carbonyl (C=O) groups excluding carboxylic acids is 1. The van der Waals surface area contributed by atoms with E-state index in [1.807, 2.05) is 18.7 Å². The van der Waals surface area contributed by atoms with Crippen LogP contribution in [0.2, 0.25) is 0 Å². The lowest BCUT2D eigenvalue weighted by Gasteiger charge is -2.34. The van der Waals surface area contributed by atoms with Crippen molar-refractivity contribution in [1.29, 1.82) is 0 Å². The van der Waals surface area contributed by atoms with Crippen molar-refractivity contribution in [3.8, 4) is 0 Å². The Morgan fingerprint density at radius 3 is 2.37 bits per heavy atom. The zero-order chi connectivity index (χ0) is 14.8. The summed E-state index contributed by atoms with van der Waals surface area (Å²) in [5, 5.41) is 9.41. The van der Waals surface area contributed by atoms with Crippen molar-refractivity contribution in [2.45, 2.75) is 72.4 Å². The highest BCUT2D eigenvalue weighted by molar-refractivity contribution is 5.85. The van der Waals surface area contributed by atoms with Crippen LogP contribution >= 0.6 is 0 Å². The van der Waals surface area contributed by atoms with Crippen LogP contribution in [-0.2, 0) is 9.59 Å². The Hall–Kier alpha value is -1.06. The molecule has 4 heteroatoms. The lowest BCUT2D eigenvalue weighted by Crippen LogP contribution is -2.45. The summed E-state index contributed by atoms with van der Waals surface area (Å²) >= 11 is 0. The minimum Gasteiger partial charge on any atom is -0.481 e. The molecule has 0 aromatic carbocycles. The first-order chi connectivity index (χ1) is 8.74. The summed E-state index contributed by atoms with van der Waals surface area (Å²) in [4.78, 5) is 25.9. The van der Waals surface area contributed by atoms with Gasteiger partial charge in [-0.05, 0) is 39.0 Å². The SMILES string of the molecule is CCC1CCC(C)N1C(=O)CC(C)(C(=O)O)C(C)C. The largest absolute Gasteiger partial charge is 0.481 e. The second-order valence-corrected chi connectivity index (χ2v) is 6.34. The molecule has 0 radical (unpaired) electrons. The molecule has 19 heavy (non-hydrogen) atoms. The first-order valence-electron chi connectivity index (χ1n) is 7.28. The van der Waals surface area contributed by atoms with Gasteiger partial charge < -0.3 is 10.0 Å². The van der Waals surface area contributed by atoms with Crippen LogP contribution in [0.5, 0.6) is 0 Å². The summed E-state index contributed by atoms with van der Waals surface area (Å²) in [7, 11) is 0. The normalized spacial score (nSPS) is 26.5. The molecule has 0 aromatic heterocycles. The van der Waals surface area contributed by atoms with Gasteiger partial charge in [0, 0.05) is 18.5 Å². The fraction of sp³-hybridized carbons (Fsp3) is 0.867. The van der Waals surface area contributed by atoms with Gasteiger partial charge in [-0.3, -0.25) is 9.59 Å². The summed E-state index contributed by atoms with van der Waals surface area (Å²) in [6.45, 7) is 9.56. The summed E-state index contributed by atoms with van der Waals surface area (Å²) in [6, 6.07) is 0.523. The van der Waals surface area contributed by atoms with E-state index in [1.54, 1.807) is 6.92 Å². The maximum absolute atomic E-state index is 12.5. The van der Waals surface area contributed by atoms with Gasteiger partial charge >= 0.3 is 5.97 Å². The lowest BCUT2D eigenvalue weighted by molar-refractivity contribution is -0.156. The van der Waals surface area contributed by atoms with E-state index in [4.69, 9.17) is 0 Å². The van der Waals surface area contributed by atoms with E-state index in [2.05, 4.69) is 13.8 Å². The third-order valence-corrected chi connectivity index (χ3v) is 4.83. The van der Waals surface area contributed by atoms with Gasteiger partial charge in [-0.15, -0.1) is 0 Å². The number of carboxylic acid groups (broad SMARTS) is 1. The molecule has 3 unspecified atom stereocenters. The van der Waals surface area contributed by atoms with Crippen LogP contribution in [-0.4, -0.2) is 34.0 Å². The Bertz CT molecular complexity index is 353. The maximum Gasteiger partial charge on any atom is 0.310 e. The van der Waals surface area contributed by atoms with Gasteiger partial charge in [0.1, 0.15) is 0 Å². The molecule has 110 valence electrons. The number of carboxylic acids is 1. The van der Waals surface area contributed by atoms with Gasteiger partial charge in [-0.25, -0.2) is 0 Å². The molecule has 0 saturated carbocycles. The molecule has 1 N–H and O–H groups in total. The number of nitrogens with zero attached hydrogens (tertiary/aromatic N) is 1. The molecule has 0 aliphatic carbocycles.